The second-order valence-electron chi connectivity index (χ2n) is 6.66. The topological polar surface area (TPSA) is 12.0 Å². The molecule has 0 amide bonds. The molecule has 0 radical (unpaired) electrons. The molecule has 1 aromatic rings. The van der Waals surface area contributed by atoms with Crippen molar-refractivity contribution < 1.29 is 0 Å². The average Bonchev–Trinajstić information content (AvgIpc) is 2.98. The van der Waals surface area contributed by atoms with E-state index in [9.17, 15) is 0 Å². The third-order valence-electron chi connectivity index (χ3n) is 5.50. The number of halogens is 2. The van der Waals surface area contributed by atoms with Gasteiger partial charge in [0.1, 0.15) is 0 Å². The largest absolute Gasteiger partial charge is 0.316 e. The van der Waals surface area contributed by atoms with Crippen molar-refractivity contribution in [2.24, 2.45) is 11.8 Å². The van der Waals surface area contributed by atoms with Crippen LogP contribution in [0.15, 0.2) is 18.2 Å². The zero-order valence-electron chi connectivity index (χ0n) is 12.1. The van der Waals surface area contributed by atoms with Crippen molar-refractivity contribution in [3.05, 3.63) is 33.8 Å². The highest BCUT2D eigenvalue weighted by Gasteiger charge is 2.43. The van der Waals surface area contributed by atoms with Gasteiger partial charge in [0.05, 0.1) is 10.0 Å². The van der Waals surface area contributed by atoms with Crippen molar-refractivity contribution in [3.63, 3.8) is 0 Å². The van der Waals surface area contributed by atoms with Crippen LogP contribution in [0.4, 0.5) is 0 Å². The van der Waals surface area contributed by atoms with Gasteiger partial charge in [-0.3, -0.25) is 0 Å². The van der Waals surface area contributed by atoms with Crippen molar-refractivity contribution in [2.75, 3.05) is 13.1 Å². The van der Waals surface area contributed by atoms with E-state index in [0.29, 0.717) is 15.5 Å². The molecule has 1 heterocycles. The van der Waals surface area contributed by atoms with Gasteiger partial charge in [0.2, 0.25) is 0 Å². The van der Waals surface area contributed by atoms with Crippen LogP contribution in [0.2, 0.25) is 10.0 Å². The van der Waals surface area contributed by atoms with Gasteiger partial charge in [-0.2, -0.15) is 0 Å². The van der Waals surface area contributed by atoms with Gasteiger partial charge in [0.15, 0.2) is 0 Å². The summed E-state index contributed by atoms with van der Waals surface area (Å²) in [6.07, 6.45) is 6.53. The predicted molar refractivity (Wildman–Crippen MR) is 86.7 cm³/mol. The zero-order chi connectivity index (χ0) is 14.2. The molecule has 1 saturated carbocycles. The van der Waals surface area contributed by atoms with E-state index in [1.165, 1.54) is 37.7 Å². The Morgan fingerprint density at radius 2 is 1.85 bits per heavy atom. The standard InChI is InChI=1S/C17H23Cl2N/c1-12-4-7-17(8-5-12,14-6-9-20-11-14)13-2-3-15(18)16(19)10-13/h2-3,10,12,14,20H,4-9,11H2,1H3/t12-,14-,17-/m1/s1. The molecule has 1 atom stereocenters. The van der Waals surface area contributed by atoms with Crippen molar-refractivity contribution in [3.8, 4) is 0 Å². The minimum Gasteiger partial charge on any atom is -0.316 e. The first kappa shape index (κ1) is 14.7. The Labute approximate surface area is 132 Å². The van der Waals surface area contributed by atoms with E-state index in [4.69, 9.17) is 23.2 Å². The molecular weight excluding hydrogens is 289 g/mol. The van der Waals surface area contributed by atoms with Gasteiger partial charge in [-0.25, -0.2) is 0 Å². The quantitative estimate of drug-likeness (QED) is 0.805. The molecule has 0 unspecified atom stereocenters. The molecule has 20 heavy (non-hydrogen) atoms. The summed E-state index contributed by atoms with van der Waals surface area (Å²) in [6, 6.07) is 6.31. The molecule has 1 aromatic carbocycles. The Kier molecular flexibility index (Phi) is 4.31. The van der Waals surface area contributed by atoms with Gasteiger partial charge in [-0.15, -0.1) is 0 Å². The second-order valence-corrected chi connectivity index (χ2v) is 7.47. The Balaban J connectivity index is 1.97. The number of hydrogen-bond acceptors (Lipinski definition) is 1. The molecule has 1 aliphatic carbocycles. The van der Waals surface area contributed by atoms with Crippen LogP contribution in [0.3, 0.4) is 0 Å². The van der Waals surface area contributed by atoms with Gasteiger partial charge in [0.25, 0.3) is 0 Å². The van der Waals surface area contributed by atoms with Crippen LogP contribution in [-0.4, -0.2) is 13.1 Å². The third kappa shape index (κ3) is 2.61. The lowest BCUT2D eigenvalue weighted by Crippen LogP contribution is -2.40. The van der Waals surface area contributed by atoms with E-state index in [0.717, 1.165) is 24.9 Å². The normalized spacial score (nSPS) is 34.4. The number of benzene rings is 1. The molecule has 3 rings (SSSR count). The van der Waals surface area contributed by atoms with E-state index in [2.05, 4.69) is 24.4 Å². The van der Waals surface area contributed by atoms with E-state index in [1.54, 1.807) is 0 Å². The smallest absolute Gasteiger partial charge is 0.0595 e. The molecule has 3 heteroatoms. The molecule has 110 valence electrons. The Bertz CT molecular complexity index is 472. The molecule has 1 saturated heterocycles. The van der Waals surface area contributed by atoms with Crippen LogP contribution in [0.5, 0.6) is 0 Å². The van der Waals surface area contributed by atoms with Gasteiger partial charge < -0.3 is 5.32 Å². The predicted octanol–water partition coefficient (Wildman–Crippen LogP) is 5.05. The van der Waals surface area contributed by atoms with Crippen LogP contribution in [0.25, 0.3) is 0 Å². The van der Waals surface area contributed by atoms with Crippen LogP contribution in [-0.2, 0) is 5.41 Å². The Morgan fingerprint density at radius 1 is 1.10 bits per heavy atom. The van der Waals surface area contributed by atoms with Gasteiger partial charge in [-0.1, -0.05) is 36.2 Å². The number of hydrogen-bond donors (Lipinski definition) is 1. The minimum atomic E-state index is 0.310. The van der Waals surface area contributed by atoms with Gasteiger partial charge in [-0.05, 0) is 80.1 Å². The summed E-state index contributed by atoms with van der Waals surface area (Å²) in [7, 11) is 0. The van der Waals surface area contributed by atoms with Gasteiger partial charge in [0, 0.05) is 0 Å². The van der Waals surface area contributed by atoms with Crippen molar-refractivity contribution in [1.29, 1.82) is 0 Å². The highest BCUT2D eigenvalue weighted by Crippen LogP contribution is 2.49. The van der Waals surface area contributed by atoms with E-state index in [1.807, 2.05) is 6.07 Å². The number of rotatable bonds is 2. The highest BCUT2D eigenvalue weighted by atomic mass is 35.5. The first-order valence-electron chi connectivity index (χ1n) is 7.78. The summed E-state index contributed by atoms with van der Waals surface area (Å²) < 4.78 is 0. The van der Waals surface area contributed by atoms with E-state index in [-0.39, 0.29) is 0 Å². The SMILES string of the molecule is C[C@H]1CC[C@](c2ccc(Cl)c(Cl)c2)([C@@H]2CCNC2)CC1. The summed E-state index contributed by atoms with van der Waals surface area (Å²) in [6.45, 7) is 4.68. The lowest BCUT2D eigenvalue weighted by molar-refractivity contribution is 0.171. The molecule has 0 spiro atoms. The van der Waals surface area contributed by atoms with Crippen molar-refractivity contribution in [2.45, 2.75) is 44.4 Å². The summed E-state index contributed by atoms with van der Waals surface area (Å²) in [5, 5.41) is 4.91. The average molecular weight is 312 g/mol. The zero-order valence-corrected chi connectivity index (χ0v) is 13.6. The molecule has 1 nitrogen and oxygen atoms in total. The maximum Gasteiger partial charge on any atom is 0.0595 e. The molecule has 2 aliphatic rings. The molecule has 2 fully saturated rings. The lowest BCUT2D eigenvalue weighted by Gasteiger charge is -2.44. The highest BCUT2D eigenvalue weighted by molar-refractivity contribution is 6.42. The van der Waals surface area contributed by atoms with Crippen molar-refractivity contribution >= 4 is 23.2 Å². The second kappa shape index (κ2) is 5.87. The summed E-state index contributed by atoms with van der Waals surface area (Å²) >= 11 is 12.4. The fourth-order valence-electron chi connectivity index (χ4n) is 4.14. The first-order valence-corrected chi connectivity index (χ1v) is 8.54. The maximum atomic E-state index is 6.28. The fraction of sp³-hybridized carbons (Fsp3) is 0.647. The Hall–Kier alpha value is -0.240. The summed E-state index contributed by atoms with van der Waals surface area (Å²) in [4.78, 5) is 0. The van der Waals surface area contributed by atoms with Crippen LogP contribution in [0.1, 0.15) is 44.6 Å². The third-order valence-corrected chi connectivity index (χ3v) is 6.24. The maximum absolute atomic E-state index is 6.28. The molecule has 1 aliphatic heterocycles. The monoisotopic (exact) mass is 311 g/mol. The summed E-state index contributed by atoms with van der Waals surface area (Å²) in [5.41, 5.74) is 1.72. The minimum absolute atomic E-state index is 0.310. The van der Waals surface area contributed by atoms with E-state index < -0.39 is 0 Å². The fourth-order valence-corrected chi connectivity index (χ4v) is 4.44. The summed E-state index contributed by atoms with van der Waals surface area (Å²) in [5.74, 6) is 1.60. The van der Waals surface area contributed by atoms with Crippen LogP contribution >= 0.6 is 23.2 Å². The molecule has 1 N–H and O–H groups in total. The van der Waals surface area contributed by atoms with Crippen LogP contribution in [0, 0.1) is 11.8 Å². The molecular formula is C17H23Cl2N. The molecule has 0 bridgehead atoms. The molecule has 0 aromatic heterocycles. The Morgan fingerprint density at radius 3 is 2.45 bits per heavy atom. The van der Waals surface area contributed by atoms with Gasteiger partial charge >= 0.3 is 0 Å². The van der Waals surface area contributed by atoms with Crippen molar-refractivity contribution in [1.82, 2.24) is 5.32 Å². The lowest BCUT2D eigenvalue weighted by atomic mass is 9.60. The van der Waals surface area contributed by atoms with E-state index >= 15 is 0 Å². The number of nitrogens with one attached hydrogen (secondary N) is 1. The van der Waals surface area contributed by atoms with Crippen LogP contribution < -0.4 is 5.32 Å². The first-order chi connectivity index (χ1) is 9.62.